The standard InChI is InChI=1S/C8H18.C6H12/c1-7(2)6-8(3,4)5;1-2-4-6-5-3-1/h7H,6H2,1-5H3;1-6H2. The van der Waals surface area contributed by atoms with E-state index in [1.54, 1.807) is 0 Å². The van der Waals surface area contributed by atoms with Gasteiger partial charge in [-0.15, -0.1) is 0 Å². The van der Waals surface area contributed by atoms with Crippen LogP contribution in [0, 0.1) is 11.3 Å². The maximum absolute atomic E-state index is 2.28. The van der Waals surface area contributed by atoms with Gasteiger partial charge in [0.05, 0.1) is 0 Å². The van der Waals surface area contributed by atoms with Gasteiger partial charge in [0.15, 0.2) is 0 Å². The molecule has 0 radical (unpaired) electrons. The summed E-state index contributed by atoms with van der Waals surface area (Å²) in [4.78, 5) is 0. The number of hydrogen-bond acceptors (Lipinski definition) is 0. The fraction of sp³-hybridized carbons (Fsp3) is 1.00. The Hall–Kier alpha value is 0. The van der Waals surface area contributed by atoms with Crippen molar-refractivity contribution in [2.24, 2.45) is 11.3 Å². The van der Waals surface area contributed by atoms with E-state index < -0.39 is 0 Å². The zero-order valence-electron chi connectivity index (χ0n) is 11.0. The summed E-state index contributed by atoms with van der Waals surface area (Å²) in [5.74, 6) is 0.843. The van der Waals surface area contributed by atoms with Crippen LogP contribution in [-0.4, -0.2) is 0 Å². The Morgan fingerprint density at radius 2 is 1.07 bits per heavy atom. The van der Waals surface area contributed by atoms with E-state index >= 15 is 0 Å². The molecule has 0 amide bonds. The van der Waals surface area contributed by atoms with Crippen LogP contribution in [-0.2, 0) is 0 Å². The molecule has 14 heavy (non-hydrogen) atoms. The largest absolute Gasteiger partial charge is 0.0628 e. The third-order valence-corrected chi connectivity index (χ3v) is 2.52. The van der Waals surface area contributed by atoms with Gasteiger partial charge in [-0.2, -0.15) is 0 Å². The second kappa shape index (κ2) is 7.31. The molecule has 86 valence electrons. The van der Waals surface area contributed by atoms with Gasteiger partial charge < -0.3 is 0 Å². The minimum absolute atomic E-state index is 0.522. The minimum atomic E-state index is 0.522. The third kappa shape index (κ3) is 12.0. The predicted molar refractivity (Wildman–Crippen MR) is 66.6 cm³/mol. The Morgan fingerprint density at radius 1 is 0.786 bits per heavy atom. The Bertz CT molecular complexity index is 101. The van der Waals surface area contributed by atoms with Crippen LogP contribution < -0.4 is 0 Å². The fourth-order valence-corrected chi connectivity index (χ4v) is 2.29. The predicted octanol–water partition coefficient (Wildman–Crippen LogP) is 5.42. The molecule has 1 fully saturated rings. The van der Waals surface area contributed by atoms with E-state index in [4.69, 9.17) is 0 Å². The summed E-state index contributed by atoms with van der Waals surface area (Å²) in [6, 6.07) is 0. The van der Waals surface area contributed by atoms with Crippen molar-refractivity contribution in [1.29, 1.82) is 0 Å². The third-order valence-electron chi connectivity index (χ3n) is 2.52. The maximum atomic E-state index is 2.28. The van der Waals surface area contributed by atoms with Crippen molar-refractivity contribution >= 4 is 0 Å². The van der Waals surface area contributed by atoms with E-state index in [9.17, 15) is 0 Å². The van der Waals surface area contributed by atoms with Crippen LogP contribution >= 0.6 is 0 Å². The summed E-state index contributed by atoms with van der Waals surface area (Å²) < 4.78 is 0. The quantitative estimate of drug-likeness (QED) is 0.528. The van der Waals surface area contributed by atoms with Crippen LogP contribution in [0.5, 0.6) is 0 Å². The molecule has 0 aliphatic heterocycles. The zero-order chi connectivity index (χ0) is 11.0. The smallest absolute Gasteiger partial charge is 0.0380 e. The summed E-state index contributed by atoms with van der Waals surface area (Å²) in [7, 11) is 0. The van der Waals surface area contributed by atoms with Crippen LogP contribution in [0.4, 0.5) is 0 Å². The molecule has 0 heterocycles. The molecule has 0 atom stereocenters. The second-order valence-electron chi connectivity index (χ2n) is 6.28. The van der Waals surface area contributed by atoms with Gasteiger partial charge in [-0.3, -0.25) is 0 Å². The lowest BCUT2D eigenvalue weighted by atomic mass is 9.86. The summed E-state index contributed by atoms with van der Waals surface area (Å²) in [6.45, 7) is 11.4. The molecule has 0 N–H and O–H groups in total. The summed E-state index contributed by atoms with van der Waals surface area (Å²) >= 11 is 0. The first-order valence-corrected chi connectivity index (χ1v) is 6.42. The first-order valence-electron chi connectivity index (χ1n) is 6.42. The van der Waals surface area contributed by atoms with Crippen molar-refractivity contribution < 1.29 is 0 Å². The maximum Gasteiger partial charge on any atom is -0.0380 e. The Kier molecular flexibility index (Phi) is 7.31. The lowest BCUT2D eigenvalue weighted by molar-refractivity contribution is 0.320. The van der Waals surface area contributed by atoms with E-state index in [0.29, 0.717) is 5.41 Å². The van der Waals surface area contributed by atoms with E-state index in [0.717, 1.165) is 5.92 Å². The molecule has 0 heteroatoms. The molecule has 0 saturated heterocycles. The lowest BCUT2D eigenvalue weighted by Crippen LogP contribution is -2.08. The average Bonchev–Trinajstić information content (AvgIpc) is 2.03. The fourth-order valence-electron chi connectivity index (χ4n) is 2.29. The summed E-state index contributed by atoms with van der Waals surface area (Å²) in [6.07, 6.45) is 10.3. The molecule has 0 unspecified atom stereocenters. The topological polar surface area (TPSA) is 0 Å². The van der Waals surface area contributed by atoms with Gasteiger partial charge in [0.25, 0.3) is 0 Å². The Morgan fingerprint density at radius 3 is 1.14 bits per heavy atom. The molecule has 1 aliphatic carbocycles. The van der Waals surface area contributed by atoms with Crippen molar-refractivity contribution in [3.05, 3.63) is 0 Å². The van der Waals surface area contributed by atoms with Crippen LogP contribution in [0.15, 0.2) is 0 Å². The minimum Gasteiger partial charge on any atom is -0.0628 e. The average molecular weight is 198 g/mol. The van der Waals surface area contributed by atoms with E-state index in [1.165, 1.54) is 44.9 Å². The van der Waals surface area contributed by atoms with Crippen LogP contribution in [0.25, 0.3) is 0 Å². The summed E-state index contributed by atoms with van der Waals surface area (Å²) in [5, 5.41) is 0. The molecule has 1 rings (SSSR count). The zero-order valence-corrected chi connectivity index (χ0v) is 11.0. The van der Waals surface area contributed by atoms with Gasteiger partial charge in [0, 0.05) is 0 Å². The number of hydrogen-bond donors (Lipinski definition) is 0. The van der Waals surface area contributed by atoms with Gasteiger partial charge in [-0.05, 0) is 17.8 Å². The second-order valence-corrected chi connectivity index (χ2v) is 6.28. The highest BCUT2D eigenvalue weighted by Gasteiger charge is 2.11. The van der Waals surface area contributed by atoms with Gasteiger partial charge in [-0.1, -0.05) is 73.1 Å². The molecule has 1 aliphatic rings. The molecule has 0 aromatic heterocycles. The summed E-state index contributed by atoms with van der Waals surface area (Å²) in [5.41, 5.74) is 0.522. The van der Waals surface area contributed by atoms with Gasteiger partial charge in [-0.25, -0.2) is 0 Å². The van der Waals surface area contributed by atoms with Crippen molar-refractivity contribution in [2.45, 2.75) is 79.6 Å². The van der Waals surface area contributed by atoms with Gasteiger partial charge >= 0.3 is 0 Å². The van der Waals surface area contributed by atoms with Crippen LogP contribution in [0.2, 0.25) is 0 Å². The van der Waals surface area contributed by atoms with Crippen molar-refractivity contribution in [3.8, 4) is 0 Å². The van der Waals surface area contributed by atoms with Crippen LogP contribution in [0.3, 0.4) is 0 Å². The molecule has 0 nitrogen and oxygen atoms in total. The van der Waals surface area contributed by atoms with Crippen molar-refractivity contribution in [2.75, 3.05) is 0 Å². The highest BCUT2D eigenvalue weighted by Crippen LogP contribution is 2.23. The van der Waals surface area contributed by atoms with Gasteiger partial charge in [0.1, 0.15) is 0 Å². The van der Waals surface area contributed by atoms with E-state index in [2.05, 4.69) is 34.6 Å². The van der Waals surface area contributed by atoms with E-state index in [-0.39, 0.29) is 0 Å². The van der Waals surface area contributed by atoms with Crippen molar-refractivity contribution in [1.82, 2.24) is 0 Å². The normalized spacial score (nSPS) is 17.6. The molecule has 1 saturated carbocycles. The Balaban J connectivity index is 0.000000249. The Labute approximate surface area is 91.5 Å². The first kappa shape index (κ1) is 14.0. The molecule has 0 aromatic carbocycles. The molecular weight excluding hydrogens is 168 g/mol. The van der Waals surface area contributed by atoms with Crippen LogP contribution in [0.1, 0.15) is 79.6 Å². The molecule has 0 bridgehead atoms. The molecule has 0 spiro atoms. The first-order chi connectivity index (χ1) is 6.42. The molecular formula is C14H30. The van der Waals surface area contributed by atoms with Crippen molar-refractivity contribution in [3.63, 3.8) is 0 Å². The SMILES string of the molecule is C1CCCCC1.CC(C)CC(C)(C)C. The molecule has 0 aromatic rings. The van der Waals surface area contributed by atoms with Gasteiger partial charge in [0.2, 0.25) is 0 Å². The highest BCUT2D eigenvalue weighted by atomic mass is 14.2. The highest BCUT2D eigenvalue weighted by molar-refractivity contribution is 4.62. The van der Waals surface area contributed by atoms with E-state index in [1.807, 2.05) is 0 Å². The lowest BCUT2D eigenvalue weighted by Gasteiger charge is -2.19. The number of rotatable bonds is 1. The monoisotopic (exact) mass is 198 g/mol.